The number of halogens is 1. The van der Waals surface area contributed by atoms with Crippen LogP contribution in [0, 0.1) is 19.8 Å². The van der Waals surface area contributed by atoms with Crippen molar-refractivity contribution in [1.82, 2.24) is 3.97 Å². The van der Waals surface area contributed by atoms with Gasteiger partial charge in [0.15, 0.2) is 0 Å². The summed E-state index contributed by atoms with van der Waals surface area (Å²) in [6.45, 7) is 3.57. The fraction of sp³-hybridized carbons (Fsp3) is 0.167. The number of hydrogen-bond donors (Lipinski definition) is 0. The lowest BCUT2D eigenvalue weighted by Crippen LogP contribution is -2.15. The summed E-state index contributed by atoms with van der Waals surface area (Å²) < 4.78 is 38.3. The van der Waals surface area contributed by atoms with E-state index < -0.39 is 16.0 Å². The molecule has 1 heterocycles. The maximum atomic E-state index is 13.3. The predicted molar refractivity (Wildman–Crippen MR) is 62.9 cm³/mol. The Labute approximate surface area is 99.6 Å². The Kier molecular flexibility index (Phi) is 2.79. The molecule has 0 aliphatic carbocycles. The number of aromatic nitrogens is 1. The van der Waals surface area contributed by atoms with Gasteiger partial charge in [0.05, 0.1) is 4.90 Å². The van der Waals surface area contributed by atoms with Crippen LogP contribution in [0.25, 0.3) is 0 Å². The van der Waals surface area contributed by atoms with Gasteiger partial charge in [-0.1, -0.05) is 17.7 Å². The number of aryl methyl sites for hydroxylation is 2. The van der Waals surface area contributed by atoms with E-state index in [0.717, 1.165) is 11.6 Å². The quantitative estimate of drug-likeness (QED) is 0.824. The average molecular weight is 253 g/mol. The van der Waals surface area contributed by atoms with Gasteiger partial charge in [0, 0.05) is 6.20 Å². The number of nitrogens with zero attached hydrogens (tertiary/aromatic N) is 1. The summed E-state index contributed by atoms with van der Waals surface area (Å²) in [4.78, 5) is 0.123. The standard InChI is InChI=1S/C12H12FNO2S/c1-9-5-6-11(10(2)8-9)17(15,16)14-7-3-4-12(14)13/h3-8H,1-2H3. The van der Waals surface area contributed by atoms with Crippen molar-refractivity contribution in [3.63, 3.8) is 0 Å². The van der Waals surface area contributed by atoms with Crippen molar-refractivity contribution >= 4 is 10.0 Å². The fourth-order valence-electron chi connectivity index (χ4n) is 1.73. The monoisotopic (exact) mass is 253 g/mol. The third-order valence-corrected chi connectivity index (χ3v) is 4.36. The molecule has 0 radical (unpaired) electrons. The van der Waals surface area contributed by atoms with Crippen molar-refractivity contribution < 1.29 is 12.8 Å². The first-order valence-corrected chi connectivity index (χ1v) is 6.52. The van der Waals surface area contributed by atoms with E-state index in [2.05, 4.69) is 0 Å². The highest BCUT2D eigenvalue weighted by Gasteiger charge is 2.21. The molecule has 0 atom stereocenters. The lowest BCUT2D eigenvalue weighted by atomic mass is 10.2. The van der Waals surface area contributed by atoms with Crippen LogP contribution in [-0.4, -0.2) is 12.4 Å². The van der Waals surface area contributed by atoms with Crippen molar-refractivity contribution in [3.05, 3.63) is 53.6 Å². The molecule has 0 amide bonds. The summed E-state index contributed by atoms with van der Waals surface area (Å²) in [6.07, 6.45) is 1.20. The Morgan fingerprint density at radius 1 is 1.18 bits per heavy atom. The van der Waals surface area contributed by atoms with Crippen LogP contribution in [0.5, 0.6) is 0 Å². The van der Waals surface area contributed by atoms with E-state index in [4.69, 9.17) is 0 Å². The minimum Gasteiger partial charge on any atom is -0.216 e. The summed E-state index contributed by atoms with van der Waals surface area (Å²) in [6, 6.07) is 7.42. The molecule has 0 aliphatic heterocycles. The molecule has 0 saturated heterocycles. The molecule has 2 rings (SSSR count). The summed E-state index contributed by atoms with van der Waals surface area (Å²) >= 11 is 0. The van der Waals surface area contributed by atoms with Crippen LogP contribution in [0.15, 0.2) is 41.4 Å². The summed E-state index contributed by atoms with van der Waals surface area (Å²) in [5, 5.41) is 0. The lowest BCUT2D eigenvalue weighted by molar-refractivity contribution is 0.541. The van der Waals surface area contributed by atoms with E-state index in [1.807, 2.05) is 6.92 Å². The van der Waals surface area contributed by atoms with Gasteiger partial charge in [0.2, 0.25) is 5.95 Å². The maximum absolute atomic E-state index is 13.3. The first kappa shape index (κ1) is 11.9. The maximum Gasteiger partial charge on any atom is 0.270 e. The molecule has 0 N–H and O–H groups in total. The molecular formula is C12H12FNO2S. The highest BCUT2D eigenvalue weighted by Crippen LogP contribution is 2.20. The molecule has 0 bridgehead atoms. The van der Waals surface area contributed by atoms with Gasteiger partial charge in [-0.05, 0) is 37.6 Å². The smallest absolute Gasteiger partial charge is 0.216 e. The van der Waals surface area contributed by atoms with Crippen molar-refractivity contribution in [2.75, 3.05) is 0 Å². The molecule has 0 fully saturated rings. The zero-order valence-electron chi connectivity index (χ0n) is 9.51. The number of hydrogen-bond acceptors (Lipinski definition) is 2. The molecule has 2 aromatic rings. The van der Waals surface area contributed by atoms with Crippen LogP contribution in [0.1, 0.15) is 11.1 Å². The molecule has 0 spiro atoms. The first-order valence-electron chi connectivity index (χ1n) is 5.08. The predicted octanol–water partition coefficient (Wildman–Crippen LogP) is 2.48. The van der Waals surface area contributed by atoms with Gasteiger partial charge in [0.1, 0.15) is 0 Å². The Morgan fingerprint density at radius 3 is 2.41 bits per heavy atom. The minimum atomic E-state index is -3.83. The van der Waals surface area contributed by atoms with Gasteiger partial charge in [-0.15, -0.1) is 0 Å². The molecular weight excluding hydrogens is 241 g/mol. The van der Waals surface area contributed by atoms with Crippen LogP contribution in [0.4, 0.5) is 4.39 Å². The molecule has 90 valence electrons. The van der Waals surface area contributed by atoms with Crippen LogP contribution >= 0.6 is 0 Å². The van der Waals surface area contributed by atoms with Crippen molar-refractivity contribution in [3.8, 4) is 0 Å². The van der Waals surface area contributed by atoms with Gasteiger partial charge >= 0.3 is 0 Å². The summed E-state index contributed by atoms with van der Waals surface area (Å²) in [5.41, 5.74) is 1.58. The lowest BCUT2D eigenvalue weighted by Gasteiger charge is -2.09. The second kappa shape index (κ2) is 4.00. The molecule has 0 saturated carbocycles. The van der Waals surface area contributed by atoms with Gasteiger partial charge in [-0.2, -0.15) is 4.39 Å². The first-order chi connectivity index (χ1) is 7.93. The second-order valence-electron chi connectivity index (χ2n) is 3.90. The van der Waals surface area contributed by atoms with Crippen LogP contribution in [0.2, 0.25) is 0 Å². The van der Waals surface area contributed by atoms with E-state index in [0.29, 0.717) is 9.54 Å². The Hall–Kier alpha value is -1.62. The van der Waals surface area contributed by atoms with E-state index in [1.165, 1.54) is 18.3 Å². The SMILES string of the molecule is Cc1ccc(S(=O)(=O)n2cccc2F)c(C)c1. The largest absolute Gasteiger partial charge is 0.270 e. The topological polar surface area (TPSA) is 39.1 Å². The molecule has 1 aromatic carbocycles. The molecule has 0 aliphatic rings. The zero-order valence-corrected chi connectivity index (χ0v) is 10.3. The summed E-state index contributed by atoms with van der Waals surface area (Å²) in [5.74, 6) is -0.787. The van der Waals surface area contributed by atoms with E-state index in [1.54, 1.807) is 19.1 Å². The molecule has 17 heavy (non-hydrogen) atoms. The highest BCUT2D eigenvalue weighted by atomic mass is 32.2. The molecule has 3 nitrogen and oxygen atoms in total. The Balaban J connectivity index is 2.65. The molecule has 1 aromatic heterocycles. The van der Waals surface area contributed by atoms with Gasteiger partial charge in [-0.3, -0.25) is 0 Å². The van der Waals surface area contributed by atoms with E-state index >= 15 is 0 Å². The van der Waals surface area contributed by atoms with E-state index in [-0.39, 0.29) is 4.90 Å². The Bertz CT molecular complexity index is 659. The second-order valence-corrected chi connectivity index (χ2v) is 5.68. The normalized spacial score (nSPS) is 11.7. The van der Waals surface area contributed by atoms with Crippen LogP contribution in [0.3, 0.4) is 0 Å². The van der Waals surface area contributed by atoms with Gasteiger partial charge in [-0.25, -0.2) is 12.4 Å². The number of benzene rings is 1. The van der Waals surface area contributed by atoms with Gasteiger partial charge in [0.25, 0.3) is 10.0 Å². The van der Waals surface area contributed by atoms with E-state index in [9.17, 15) is 12.8 Å². The average Bonchev–Trinajstić information content (AvgIpc) is 2.64. The van der Waals surface area contributed by atoms with Gasteiger partial charge < -0.3 is 0 Å². The Morgan fingerprint density at radius 2 is 1.88 bits per heavy atom. The minimum absolute atomic E-state index is 0.123. The molecule has 0 unspecified atom stereocenters. The zero-order chi connectivity index (χ0) is 12.6. The van der Waals surface area contributed by atoms with Crippen molar-refractivity contribution in [2.24, 2.45) is 0 Å². The number of rotatable bonds is 2. The van der Waals surface area contributed by atoms with Crippen LogP contribution in [-0.2, 0) is 10.0 Å². The highest BCUT2D eigenvalue weighted by molar-refractivity contribution is 7.90. The van der Waals surface area contributed by atoms with Crippen molar-refractivity contribution in [1.29, 1.82) is 0 Å². The third kappa shape index (κ3) is 1.98. The summed E-state index contributed by atoms with van der Waals surface area (Å²) in [7, 11) is -3.83. The van der Waals surface area contributed by atoms with Crippen molar-refractivity contribution in [2.45, 2.75) is 18.7 Å². The fourth-order valence-corrected chi connectivity index (χ4v) is 3.17. The third-order valence-electron chi connectivity index (χ3n) is 2.53. The van der Waals surface area contributed by atoms with Crippen LogP contribution < -0.4 is 0 Å². The molecule has 5 heteroatoms.